The van der Waals surface area contributed by atoms with Crippen molar-refractivity contribution in [2.45, 2.75) is 19.3 Å². The summed E-state index contributed by atoms with van der Waals surface area (Å²) in [5.41, 5.74) is 5.85. The Morgan fingerprint density at radius 2 is 2.14 bits per heavy atom. The van der Waals surface area contributed by atoms with E-state index in [9.17, 15) is 18.0 Å². The lowest BCUT2D eigenvalue weighted by atomic mass is 10.3. The Hall–Kier alpha value is -1.58. The van der Waals surface area contributed by atoms with Crippen LogP contribution >= 0.6 is 23.7 Å². The highest BCUT2D eigenvalue weighted by Crippen LogP contribution is 2.31. The maximum absolute atomic E-state index is 12.1. The van der Waals surface area contributed by atoms with Crippen LogP contribution in [0, 0.1) is 0 Å². The molecule has 0 bridgehead atoms. The normalized spacial score (nSPS) is 12.6. The van der Waals surface area contributed by atoms with Crippen molar-refractivity contribution in [2.75, 3.05) is 5.32 Å². The second kappa shape index (κ2) is 6.46. The first kappa shape index (κ1) is 17.5. The smallest absolute Gasteiger partial charge is 0.406 e. The minimum absolute atomic E-state index is 0. The maximum atomic E-state index is 12.1. The van der Waals surface area contributed by atoms with E-state index in [0.29, 0.717) is 10.2 Å². The van der Waals surface area contributed by atoms with Gasteiger partial charge in [0.15, 0.2) is 5.13 Å². The number of amides is 1. The number of aromatic nitrogens is 1. The topological polar surface area (TPSA) is 77.2 Å². The van der Waals surface area contributed by atoms with Gasteiger partial charge in [0, 0.05) is 6.07 Å². The summed E-state index contributed by atoms with van der Waals surface area (Å²) in [7, 11) is 0. The number of nitrogens with two attached hydrogens (primary N) is 1. The summed E-state index contributed by atoms with van der Waals surface area (Å²) >= 11 is 1.04. The number of alkyl halides is 3. The van der Waals surface area contributed by atoms with Crippen molar-refractivity contribution in [1.29, 1.82) is 0 Å². The number of carbonyl (C=O) groups is 1. The van der Waals surface area contributed by atoms with E-state index >= 15 is 0 Å². The fourth-order valence-electron chi connectivity index (χ4n) is 1.37. The summed E-state index contributed by atoms with van der Waals surface area (Å²) < 4.78 is 40.6. The molecular formula is C11H11ClF3N3O2S. The van der Waals surface area contributed by atoms with Gasteiger partial charge in [0.25, 0.3) is 0 Å². The summed E-state index contributed by atoms with van der Waals surface area (Å²) in [5.74, 6) is -0.755. The van der Waals surface area contributed by atoms with Crippen LogP contribution < -0.4 is 15.8 Å². The zero-order chi connectivity index (χ0) is 14.9. The Balaban J connectivity index is 0.00000220. The fraction of sp³-hybridized carbons (Fsp3) is 0.273. The molecule has 1 unspecified atom stereocenters. The molecule has 2 rings (SSSR count). The van der Waals surface area contributed by atoms with Gasteiger partial charge in [0.05, 0.1) is 16.3 Å². The van der Waals surface area contributed by atoms with E-state index in [1.54, 1.807) is 0 Å². The lowest BCUT2D eigenvalue weighted by molar-refractivity contribution is -0.274. The summed E-state index contributed by atoms with van der Waals surface area (Å²) in [4.78, 5) is 15.5. The first-order chi connectivity index (χ1) is 9.24. The van der Waals surface area contributed by atoms with E-state index in [4.69, 9.17) is 5.73 Å². The molecule has 0 saturated heterocycles. The molecule has 1 aromatic carbocycles. The van der Waals surface area contributed by atoms with Crippen molar-refractivity contribution in [1.82, 2.24) is 4.98 Å². The standard InChI is InChI=1S/C11H10F3N3O2S.ClH/c1-5(15)9(18)17-10-16-7-3-2-6(4-8(7)20-10)19-11(12,13)14;/h2-5H,15H2,1H3,(H,16,17,18);1H. The molecule has 0 aliphatic carbocycles. The van der Waals surface area contributed by atoms with Gasteiger partial charge in [-0.1, -0.05) is 11.3 Å². The molecule has 1 aromatic heterocycles. The third-order valence-corrected chi connectivity index (χ3v) is 3.17. The van der Waals surface area contributed by atoms with Crippen molar-refractivity contribution >= 4 is 45.0 Å². The van der Waals surface area contributed by atoms with Crippen molar-refractivity contribution < 1.29 is 22.7 Å². The van der Waals surface area contributed by atoms with Crippen LogP contribution in [0.3, 0.4) is 0 Å². The number of halogens is 4. The molecule has 0 radical (unpaired) electrons. The molecule has 1 amide bonds. The Bertz CT molecular complexity index is 645. The summed E-state index contributed by atoms with van der Waals surface area (Å²) in [6, 6.07) is 3.05. The quantitative estimate of drug-likeness (QED) is 0.900. The minimum Gasteiger partial charge on any atom is -0.406 e. The molecule has 1 heterocycles. The van der Waals surface area contributed by atoms with Gasteiger partial charge in [-0.25, -0.2) is 4.98 Å². The van der Waals surface area contributed by atoms with Crippen LogP contribution in [0.5, 0.6) is 5.75 Å². The molecule has 3 N–H and O–H groups in total. The minimum atomic E-state index is -4.75. The van der Waals surface area contributed by atoms with Gasteiger partial charge in [0.2, 0.25) is 5.91 Å². The van der Waals surface area contributed by atoms with Gasteiger partial charge >= 0.3 is 6.36 Å². The van der Waals surface area contributed by atoms with Crippen LogP contribution in [0.4, 0.5) is 18.3 Å². The predicted octanol–water partition coefficient (Wildman–Crippen LogP) is 2.90. The van der Waals surface area contributed by atoms with E-state index < -0.39 is 18.3 Å². The number of nitrogens with zero attached hydrogens (tertiary/aromatic N) is 1. The number of carbonyl (C=O) groups excluding carboxylic acids is 1. The lowest BCUT2D eigenvalue weighted by Crippen LogP contribution is -2.32. The number of hydrogen-bond donors (Lipinski definition) is 2. The van der Waals surface area contributed by atoms with E-state index in [0.717, 1.165) is 17.4 Å². The average Bonchev–Trinajstić information content (AvgIpc) is 2.68. The second-order valence-electron chi connectivity index (χ2n) is 3.97. The molecule has 10 heteroatoms. The number of hydrogen-bond acceptors (Lipinski definition) is 5. The van der Waals surface area contributed by atoms with Crippen molar-refractivity contribution in [3.8, 4) is 5.75 Å². The van der Waals surface area contributed by atoms with Crippen LogP contribution in [0.15, 0.2) is 18.2 Å². The van der Waals surface area contributed by atoms with E-state index in [2.05, 4.69) is 15.0 Å². The van der Waals surface area contributed by atoms with Gasteiger partial charge in [-0.15, -0.1) is 25.6 Å². The van der Waals surface area contributed by atoms with Crippen LogP contribution in [-0.2, 0) is 4.79 Å². The molecule has 2 aromatic rings. The predicted molar refractivity (Wildman–Crippen MR) is 75.8 cm³/mol. The summed E-state index contributed by atoms with van der Waals surface area (Å²) in [6.07, 6.45) is -4.75. The molecule has 116 valence electrons. The molecule has 1 atom stereocenters. The van der Waals surface area contributed by atoms with Crippen LogP contribution in [0.25, 0.3) is 10.2 Å². The Morgan fingerprint density at radius 1 is 1.48 bits per heavy atom. The largest absolute Gasteiger partial charge is 0.573 e. The molecular weight excluding hydrogens is 331 g/mol. The third-order valence-electron chi connectivity index (χ3n) is 2.24. The number of fused-ring (bicyclic) bond motifs is 1. The first-order valence-electron chi connectivity index (χ1n) is 5.47. The molecule has 0 aliphatic rings. The van der Waals surface area contributed by atoms with Gasteiger partial charge in [-0.05, 0) is 19.1 Å². The zero-order valence-corrected chi connectivity index (χ0v) is 12.2. The highest BCUT2D eigenvalue weighted by Gasteiger charge is 2.31. The summed E-state index contributed by atoms with van der Waals surface area (Å²) in [5, 5.41) is 2.75. The molecule has 5 nitrogen and oxygen atoms in total. The number of anilines is 1. The van der Waals surface area contributed by atoms with E-state index in [1.807, 2.05) is 0 Å². The lowest BCUT2D eigenvalue weighted by Gasteiger charge is -2.07. The monoisotopic (exact) mass is 341 g/mol. The third kappa shape index (κ3) is 4.73. The molecule has 21 heavy (non-hydrogen) atoms. The fourth-order valence-corrected chi connectivity index (χ4v) is 2.27. The molecule has 0 saturated carbocycles. The SMILES string of the molecule is CC(N)C(=O)Nc1nc2ccc(OC(F)(F)F)cc2s1.Cl. The average molecular weight is 342 g/mol. The number of rotatable bonds is 3. The van der Waals surface area contributed by atoms with Crippen molar-refractivity contribution in [3.05, 3.63) is 18.2 Å². The number of thiazole rings is 1. The maximum Gasteiger partial charge on any atom is 0.573 e. The Labute approximate surface area is 127 Å². The van der Waals surface area contributed by atoms with Crippen molar-refractivity contribution in [2.24, 2.45) is 5.73 Å². The van der Waals surface area contributed by atoms with Gasteiger partial charge in [-0.3, -0.25) is 4.79 Å². The highest BCUT2D eigenvalue weighted by molar-refractivity contribution is 7.22. The summed E-state index contributed by atoms with van der Waals surface area (Å²) in [6.45, 7) is 1.51. The Kier molecular flexibility index (Phi) is 5.37. The molecule has 0 fully saturated rings. The number of nitrogens with one attached hydrogen (secondary N) is 1. The number of ether oxygens (including phenoxy) is 1. The highest BCUT2D eigenvalue weighted by atomic mass is 35.5. The Morgan fingerprint density at radius 3 is 2.71 bits per heavy atom. The zero-order valence-electron chi connectivity index (χ0n) is 10.6. The van der Waals surface area contributed by atoms with Gasteiger partial charge < -0.3 is 15.8 Å². The van der Waals surface area contributed by atoms with E-state index in [-0.39, 0.29) is 23.3 Å². The molecule has 0 aliphatic heterocycles. The second-order valence-corrected chi connectivity index (χ2v) is 5.00. The van der Waals surface area contributed by atoms with Crippen LogP contribution in [-0.4, -0.2) is 23.3 Å². The van der Waals surface area contributed by atoms with E-state index in [1.165, 1.54) is 19.1 Å². The van der Waals surface area contributed by atoms with Crippen molar-refractivity contribution in [3.63, 3.8) is 0 Å². The van der Waals surface area contributed by atoms with Crippen LogP contribution in [0.1, 0.15) is 6.92 Å². The first-order valence-corrected chi connectivity index (χ1v) is 6.29. The number of benzene rings is 1. The van der Waals surface area contributed by atoms with Gasteiger partial charge in [0.1, 0.15) is 5.75 Å². The molecule has 0 spiro atoms. The van der Waals surface area contributed by atoms with Gasteiger partial charge in [-0.2, -0.15) is 0 Å². The van der Waals surface area contributed by atoms with Crippen LogP contribution in [0.2, 0.25) is 0 Å².